The van der Waals surface area contributed by atoms with Gasteiger partial charge in [0.25, 0.3) is 0 Å². The van der Waals surface area contributed by atoms with E-state index in [9.17, 15) is 4.79 Å². The van der Waals surface area contributed by atoms with Crippen molar-refractivity contribution in [2.75, 3.05) is 6.67 Å². The molecule has 1 N–H and O–H groups in total. The number of hydrogen-bond acceptors (Lipinski definition) is 2. The van der Waals surface area contributed by atoms with Crippen molar-refractivity contribution in [2.45, 2.75) is 71.4 Å². The maximum absolute atomic E-state index is 12.5. The SMILES string of the molecule is CCC(C)C1NCN(C2CCCC(C)CC2)C1=O. The third kappa shape index (κ3) is 2.87. The molecular formula is C15H28N2O. The minimum Gasteiger partial charge on any atom is -0.326 e. The summed E-state index contributed by atoms with van der Waals surface area (Å²) in [6.07, 6.45) is 7.36. The Balaban J connectivity index is 1.96. The summed E-state index contributed by atoms with van der Waals surface area (Å²) in [4.78, 5) is 14.6. The molecule has 0 aromatic carbocycles. The van der Waals surface area contributed by atoms with Gasteiger partial charge in [0, 0.05) is 6.04 Å². The van der Waals surface area contributed by atoms with Crippen LogP contribution in [-0.4, -0.2) is 29.6 Å². The highest BCUT2D eigenvalue weighted by atomic mass is 16.2. The minimum atomic E-state index is 0.0654. The van der Waals surface area contributed by atoms with Crippen molar-refractivity contribution in [3.05, 3.63) is 0 Å². The Morgan fingerprint density at radius 1 is 1.33 bits per heavy atom. The van der Waals surface area contributed by atoms with Crippen molar-refractivity contribution < 1.29 is 4.79 Å². The van der Waals surface area contributed by atoms with Crippen LogP contribution in [0.1, 0.15) is 59.3 Å². The van der Waals surface area contributed by atoms with Gasteiger partial charge in [-0.15, -0.1) is 0 Å². The Morgan fingerprint density at radius 2 is 2.11 bits per heavy atom. The number of carbonyl (C=O) groups excluding carboxylic acids is 1. The van der Waals surface area contributed by atoms with Gasteiger partial charge in [0.1, 0.15) is 0 Å². The van der Waals surface area contributed by atoms with E-state index < -0.39 is 0 Å². The smallest absolute Gasteiger partial charge is 0.241 e. The molecule has 0 spiro atoms. The van der Waals surface area contributed by atoms with Crippen LogP contribution in [0.3, 0.4) is 0 Å². The fourth-order valence-corrected chi connectivity index (χ4v) is 3.31. The fourth-order valence-electron chi connectivity index (χ4n) is 3.31. The first-order valence-corrected chi connectivity index (χ1v) is 7.67. The molecule has 2 fully saturated rings. The molecule has 1 amide bonds. The summed E-state index contributed by atoms with van der Waals surface area (Å²) in [6.45, 7) is 7.45. The largest absolute Gasteiger partial charge is 0.326 e. The molecule has 2 rings (SSSR count). The molecule has 3 heteroatoms. The lowest BCUT2D eigenvalue weighted by atomic mass is 9.98. The zero-order valence-electron chi connectivity index (χ0n) is 12.1. The number of carbonyl (C=O) groups is 1. The van der Waals surface area contributed by atoms with Gasteiger partial charge in [-0.2, -0.15) is 0 Å². The molecule has 18 heavy (non-hydrogen) atoms. The maximum Gasteiger partial charge on any atom is 0.241 e. The summed E-state index contributed by atoms with van der Waals surface area (Å²) in [5.41, 5.74) is 0. The predicted molar refractivity (Wildman–Crippen MR) is 74.1 cm³/mol. The van der Waals surface area contributed by atoms with E-state index >= 15 is 0 Å². The zero-order chi connectivity index (χ0) is 13.1. The Bertz CT molecular complexity index is 292. The average molecular weight is 252 g/mol. The van der Waals surface area contributed by atoms with Crippen LogP contribution in [0.4, 0.5) is 0 Å². The van der Waals surface area contributed by atoms with E-state index in [2.05, 4.69) is 31.0 Å². The summed E-state index contributed by atoms with van der Waals surface area (Å²) >= 11 is 0. The van der Waals surface area contributed by atoms with Gasteiger partial charge < -0.3 is 4.90 Å². The summed E-state index contributed by atoms with van der Waals surface area (Å²) in [7, 11) is 0. The van der Waals surface area contributed by atoms with Gasteiger partial charge in [-0.25, -0.2) is 0 Å². The van der Waals surface area contributed by atoms with Crippen molar-refractivity contribution in [3.8, 4) is 0 Å². The van der Waals surface area contributed by atoms with Crippen molar-refractivity contribution in [2.24, 2.45) is 11.8 Å². The van der Waals surface area contributed by atoms with Gasteiger partial charge in [0.2, 0.25) is 5.91 Å². The zero-order valence-corrected chi connectivity index (χ0v) is 12.1. The van der Waals surface area contributed by atoms with Gasteiger partial charge in [-0.3, -0.25) is 10.1 Å². The summed E-state index contributed by atoms with van der Waals surface area (Å²) < 4.78 is 0. The molecule has 0 bridgehead atoms. The van der Waals surface area contributed by atoms with Gasteiger partial charge >= 0.3 is 0 Å². The number of amides is 1. The second-order valence-electron chi connectivity index (χ2n) is 6.30. The standard InChI is InChI=1S/C15H28N2O/c1-4-12(3)14-15(18)17(10-16-14)13-7-5-6-11(2)8-9-13/h11-14,16H,4-10H2,1-3H3. The van der Waals surface area contributed by atoms with E-state index in [0.29, 0.717) is 17.9 Å². The summed E-state index contributed by atoms with van der Waals surface area (Å²) in [5.74, 6) is 1.64. The normalized spacial score (nSPS) is 35.6. The lowest BCUT2D eigenvalue weighted by Gasteiger charge is -2.27. The van der Waals surface area contributed by atoms with E-state index in [1.165, 1.54) is 32.1 Å². The van der Waals surface area contributed by atoms with Crippen LogP contribution in [0, 0.1) is 11.8 Å². The number of rotatable bonds is 3. The minimum absolute atomic E-state index is 0.0654. The van der Waals surface area contributed by atoms with E-state index in [4.69, 9.17) is 0 Å². The Labute approximate surface area is 111 Å². The van der Waals surface area contributed by atoms with Crippen LogP contribution in [0.5, 0.6) is 0 Å². The van der Waals surface area contributed by atoms with Gasteiger partial charge in [-0.05, 0) is 31.1 Å². The van der Waals surface area contributed by atoms with E-state index in [1.807, 2.05) is 0 Å². The molecule has 3 nitrogen and oxygen atoms in total. The summed E-state index contributed by atoms with van der Waals surface area (Å²) in [5, 5.41) is 3.41. The van der Waals surface area contributed by atoms with Gasteiger partial charge in [0.15, 0.2) is 0 Å². The molecule has 1 saturated carbocycles. The topological polar surface area (TPSA) is 32.3 Å². The van der Waals surface area contributed by atoms with Crippen molar-refractivity contribution in [3.63, 3.8) is 0 Å². The highest BCUT2D eigenvalue weighted by Crippen LogP contribution is 2.28. The summed E-state index contributed by atoms with van der Waals surface area (Å²) in [6, 6.07) is 0.555. The Kier molecular flexibility index (Phi) is 4.66. The number of nitrogens with one attached hydrogen (secondary N) is 1. The van der Waals surface area contributed by atoms with Crippen molar-refractivity contribution in [1.29, 1.82) is 0 Å². The molecule has 1 aliphatic carbocycles. The van der Waals surface area contributed by atoms with E-state index in [-0.39, 0.29) is 6.04 Å². The highest BCUT2D eigenvalue weighted by molar-refractivity contribution is 5.84. The maximum atomic E-state index is 12.5. The molecule has 1 aliphatic heterocycles. The first-order valence-electron chi connectivity index (χ1n) is 7.67. The molecule has 1 heterocycles. The molecule has 104 valence electrons. The second kappa shape index (κ2) is 6.05. The van der Waals surface area contributed by atoms with Crippen LogP contribution in [0.15, 0.2) is 0 Å². The second-order valence-corrected chi connectivity index (χ2v) is 6.30. The van der Waals surface area contributed by atoms with Gasteiger partial charge in [-0.1, -0.05) is 40.0 Å². The molecule has 0 aromatic rings. The van der Waals surface area contributed by atoms with E-state index in [1.54, 1.807) is 0 Å². The number of hydrogen-bond donors (Lipinski definition) is 1. The van der Waals surface area contributed by atoms with Crippen LogP contribution >= 0.6 is 0 Å². The molecule has 1 saturated heterocycles. The number of nitrogens with zero attached hydrogens (tertiary/aromatic N) is 1. The van der Waals surface area contributed by atoms with Crippen molar-refractivity contribution >= 4 is 5.91 Å². The first kappa shape index (κ1) is 13.9. The Morgan fingerprint density at radius 3 is 2.83 bits per heavy atom. The van der Waals surface area contributed by atoms with Crippen LogP contribution in [0.25, 0.3) is 0 Å². The molecule has 4 atom stereocenters. The predicted octanol–water partition coefficient (Wildman–Crippen LogP) is 2.76. The van der Waals surface area contributed by atoms with Crippen LogP contribution in [0.2, 0.25) is 0 Å². The average Bonchev–Trinajstić information content (AvgIpc) is 2.61. The van der Waals surface area contributed by atoms with Gasteiger partial charge in [0.05, 0.1) is 12.7 Å². The fraction of sp³-hybridized carbons (Fsp3) is 0.933. The lowest BCUT2D eigenvalue weighted by molar-refractivity contribution is -0.132. The molecular weight excluding hydrogens is 224 g/mol. The molecule has 2 aliphatic rings. The third-order valence-electron chi connectivity index (χ3n) is 4.91. The monoisotopic (exact) mass is 252 g/mol. The van der Waals surface area contributed by atoms with E-state index in [0.717, 1.165) is 19.0 Å². The molecule has 0 radical (unpaired) electrons. The lowest BCUT2D eigenvalue weighted by Crippen LogP contribution is -2.40. The van der Waals surface area contributed by atoms with Crippen LogP contribution in [-0.2, 0) is 4.79 Å². The quantitative estimate of drug-likeness (QED) is 0.783. The first-order chi connectivity index (χ1) is 8.63. The highest BCUT2D eigenvalue weighted by Gasteiger charge is 2.37. The van der Waals surface area contributed by atoms with Crippen LogP contribution < -0.4 is 5.32 Å². The third-order valence-corrected chi connectivity index (χ3v) is 4.91. The molecule has 0 aromatic heterocycles. The van der Waals surface area contributed by atoms with Crippen molar-refractivity contribution in [1.82, 2.24) is 10.2 Å². The Hall–Kier alpha value is -0.570. The molecule has 4 unspecified atom stereocenters.